The van der Waals surface area contributed by atoms with E-state index in [2.05, 4.69) is 39.5 Å². The molecule has 8 nitrogen and oxygen atoms in total. The number of anilines is 1. The number of thioether (sulfide) groups is 1. The molecule has 1 aromatic heterocycles. The van der Waals surface area contributed by atoms with E-state index in [4.69, 9.17) is 9.47 Å². The van der Waals surface area contributed by atoms with Crippen molar-refractivity contribution in [2.24, 2.45) is 0 Å². The van der Waals surface area contributed by atoms with Crippen molar-refractivity contribution in [3.8, 4) is 11.4 Å². The Kier molecular flexibility index (Phi) is 7.63. The largest absolute Gasteiger partial charge is 0.492 e. The van der Waals surface area contributed by atoms with E-state index in [0.29, 0.717) is 31.5 Å². The number of aryl methyl sites for hydroxylation is 1. The number of carbonyl (C=O) groups excluding carboxylic acids is 1. The van der Waals surface area contributed by atoms with Crippen LogP contribution in [0.15, 0.2) is 59.8 Å². The number of ether oxygens (including phenoxy) is 2. The van der Waals surface area contributed by atoms with Crippen LogP contribution in [0.2, 0.25) is 0 Å². The molecule has 0 atom stereocenters. The Morgan fingerprint density at radius 1 is 1.09 bits per heavy atom. The lowest BCUT2D eigenvalue weighted by Crippen LogP contribution is -2.37. The number of para-hydroxylation sites is 1. The van der Waals surface area contributed by atoms with Crippen LogP contribution in [0.25, 0.3) is 5.69 Å². The fourth-order valence-corrected chi connectivity index (χ4v) is 4.08. The van der Waals surface area contributed by atoms with Crippen LogP contribution < -0.4 is 15.0 Å². The molecule has 1 aliphatic rings. The zero-order chi connectivity index (χ0) is 22.2. The first kappa shape index (κ1) is 22.2. The number of nitrogens with zero attached hydrogens (tertiary/aromatic N) is 4. The molecule has 32 heavy (non-hydrogen) atoms. The van der Waals surface area contributed by atoms with Gasteiger partial charge in [0.25, 0.3) is 0 Å². The fourth-order valence-electron chi connectivity index (χ4n) is 3.30. The summed E-state index contributed by atoms with van der Waals surface area (Å²) in [7, 11) is 0. The molecule has 3 aromatic rings. The summed E-state index contributed by atoms with van der Waals surface area (Å²) in [6.45, 7) is 5.76. The van der Waals surface area contributed by atoms with Crippen LogP contribution >= 0.6 is 11.8 Å². The molecule has 0 spiro atoms. The minimum absolute atomic E-state index is 0.0713. The second-order valence-corrected chi connectivity index (χ2v) is 8.30. The molecule has 1 amide bonds. The standard InChI is InChI=1S/C23H27N5O3S/c1-18-7-9-19(10-8-18)28-22(27-12-15-30-16-13-27)25-26-23(28)32-17-21(29)24-11-14-31-20-5-3-2-4-6-20/h2-10H,11-17H2,1H3,(H,24,29). The van der Waals surface area contributed by atoms with E-state index in [1.54, 1.807) is 0 Å². The second-order valence-electron chi connectivity index (χ2n) is 7.35. The molecule has 1 N–H and O–H groups in total. The second kappa shape index (κ2) is 11.0. The Balaban J connectivity index is 1.37. The van der Waals surface area contributed by atoms with Crippen LogP contribution in [0.4, 0.5) is 5.95 Å². The SMILES string of the molecule is Cc1ccc(-n2c(SCC(=O)NCCOc3ccccc3)nnc2N2CCOCC2)cc1. The van der Waals surface area contributed by atoms with Gasteiger partial charge in [0, 0.05) is 13.1 Å². The maximum absolute atomic E-state index is 12.4. The predicted octanol–water partition coefficient (Wildman–Crippen LogP) is 2.70. The molecule has 168 valence electrons. The first-order valence-electron chi connectivity index (χ1n) is 10.6. The summed E-state index contributed by atoms with van der Waals surface area (Å²) in [5.74, 6) is 1.74. The number of hydrogen-bond donors (Lipinski definition) is 1. The highest BCUT2D eigenvalue weighted by Gasteiger charge is 2.22. The van der Waals surface area contributed by atoms with Gasteiger partial charge in [-0.15, -0.1) is 10.2 Å². The smallest absolute Gasteiger partial charge is 0.232 e. The summed E-state index contributed by atoms with van der Waals surface area (Å²) in [5, 5.41) is 12.4. The van der Waals surface area contributed by atoms with Gasteiger partial charge < -0.3 is 19.7 Å². The number of amides is 1. The number of morpholine rings is 1. The highest BCUT2D eigenvalue weighted by Crippen LogP contribution is 2.27. The van der Waals surface area contributed by atoms with Crippen molar-refractivity contribution in [1.82, 2.24) is 20.1 Å². The number of aromatic nitrogens is 3. The minimum Gasteiger partial charge on any atom is -0.492 e. The van der Waals surface area contributed by atoms with E-state index in [0.717, 1.165) is 30.5 Å². The van der Waals surface area contributed by atoms with Crippen molar-refractivity contribution < 1.29 is 14.3 Å². The number of nitrogens with one attached hydrogen (secondary N) is 1. The van der Waals surface area contributed by atoms with Crippen molar-refractivity contribution >= 4 is 23.6 Å². The zero-order valence-corrected chi connectivity index (χ0v) is 18.9. The van der Waals surface area contributed by atoms with Crippen molar-refractivity contribution in [3.05, 3.63) is 60.2 Å². The number of rotatable bonds is 9. The summed E-state index contributed by atoms with van der Waals surface area (Å²) in [6.07, 6.45) is 0. The molecule has 0 saturated carbocycles. The highest BCUT2D eigenvalue weighted by atomic mass is 32.2. The Labute approximate surface area is 191 Å². The molecule has 2 heterocycles. The van der Waals surface area contributed by atoms with Gasteiger partial charge in [0.05, 0.1) is 31.2 Å². The van der Waals surface area contributed by atoms with E-state index >= 15 is 0 Å². The van der Waals surface area contributed by atoms with Crippen molar-refractivity contribution in [2.45, 2.75) is 12.1 Å². The molecular formula is C23H27N5O3S. The lowest BCUT2D eigenvalue weighted by Gasteiger charge is -2.27. The third-order valence-electron chi connectivity index (χ3n) is 4.97. The number of hydrogen-bond acceptors (Lipinski definition) is 7. The summed E-state index contributed by atoms with van der Waals surface area (Å²) < 4.78 is 13.1. The lowest BCUT2D eigenvalue weighted by atomic mass is 10.2. The molecule has 0 unspecified atom stereocenters. The molecular weight excluding hydrogens is 426 g/mol. The first-order chi connectivity index (χ1) is 15.7. The van der Waals surface area contributed by atoms with Crippen LogP contribution in [-0.4, -0.2) is 65.9 Å². The number of benzene rings is 2. The predicted molar refractivity (Wildman–Crippen MR) is 125 cm³/mol. The van der Waals surface area contributed by atoms with E-state index in [-0.39, 0.29) is 11.7 Å². The van der Waals surface area contributed by atoms with Gasteiger partial charge in [-0.1, -0.05) is 47.7 Å². The average molecular weight is 454 g/mol. The number of carbonyl (C=O) groups is 1. The topological polar surface area (TPSA) is 81.5 Å². The van der Waals surface area contributed by atoms with Gasteiger partial charge in [-0.3, -0.25) is 9.36 Å². The van der Waals surface area contributed by atoms with Crippen molar-refractivity contribution in [1.29, 1.82) is 0 Å². The lowest BCUT2D eigenvalue weighted by molar-refractivity contribution is -0.118. The van der Waals surface area contributed by atoms with Crippen molar-refractivity contribution in [3.63, 3.8) is 0 Å². The van der Waals surface area contributed by atoms with Crippen LogP contribution in [0.1, 0.15) is 5.56 Å². The Bertz CT molecular complexity index is 1000. The van der Waals surface area contributed by atoms with E-state index in [9.17, 15) is 4.79 Å². The summed E-state index contributed by atoms with van der Waals surface area (Å²) in [5.41, 5.74) is 2.15. The third kappa shape index (κ3) is 5.80. The van der Waals surface area contributed by atoms with Crippen LogP contribution in [-0.2, 0) is 9.53 Å². The Morgan fingerprint density at radius 3 is 2.59 bits per heavy atom. The van der Waals surface area contributed by atoms with Crippen LogP contribution in [0, 0.1) is 6.92 Å². The quantitative estimate of drug-likeness (QED) is 0.394. The molecule has 0 aliphatic carbocycles. The van der Waals surface area contributed by atoms with Crippen LogP contribution in [0.5, 0.6) is 5.75 Å². The molecule has 1 aliphatic heterocycles. The summed E-state index contributed by atoms with van der Waals surface area (Å²) in [6, 6.07) is 17.8. The minimum atomic E-state index is -0.0713. The average Bonchev–Trinajstić information content (AvgIpc) is 3.26. The van der Waals surface area contributed by atoms with Crippen LogP contribution in [0.3, 0.4) is 0 Å². The third-order valence-corrected chi connectivity index (χ3v) is 5.90. The first-order valence-corrected chi connectivity index (χ1v) is 11.6. The Morgan fingerprint density at radius 2 is 1.84 bits per heavy atom. The van der Waals surface area contributed by atoms with Gasteiger partial charge >= 0.3 is 0 Å². The van der Waals surface area contributed by atoms with E-state index < -0.39 is 0 Å². The molecule has 4 rings (SSSR count). The van der Waals surface area contributed by atoms with E-state index in [1.807, 2.05) is 47.0 Å². The monoisotopic (exact) mass is 453 g/mol. The van der Waals surface area contributed by atoms with Crippen molar-refractivity contribution in [2.75, 3.05) is 50.1 Å². The van der Waals surface area contributed by atoms with Gasteiger partial charge in [0.2, 0.25) is 11.9 Å². The Hall–Kier alpha value is -3.04. The molecule has 1 saturated heterocycles. The zero-order valence-electron chi connectivity index (χ0n) is 18.1. The summed E-state index contributed by atoms with van der Waals surface area (Å²) in [4.78, 5) is 14.5. The molecule has 1 fully saturated rings. The van der Waals surface area contributed by atoms with Gasteiger partial charge in [0.1, 0.15) is 12.4 Å². The van der Waals surface area contributed by atoms with Gasteiger partial charge in [-0.25, -0.2) is 0 Å². The molecule has 0 bridgehead atoms. The van der Waals surface area contributed by atoms with Gasteiger partial charge in [-0.05, 0) is 31.2 Å². The molecule has 0 radical (unpaired) electrons. The fraction of sp³-hybridized carbons (Fsp3) is 0.348. The normalized spacial score (nSPS) is 13.7. The maximum atomic E-state index is 12.4. The van der Waals surface area contributed by atoms with Gasteiger partial charge in [-0.2, -0.15) is 0 Å². The molecule has 9 heteroatoms. The summed E-state index contributed by atoms with van der Waals surface area (Å²) >= 11 is 1.37. The highest BCUT2D eigenvalue weighted by molar-refractivity contribution is 7.99. The van der Waals surface area contributed by atoms with Gasteiger partial charge in [0.15, 0.2) is 5.16 Å². The maximum Gasteiger partial charge on any atom is 0.232 e. The molecule has 2 aromatic carbocycles. The van der Waals surface area contributed by atoms with E-state index in [1.165, 1.54) is 17.3 Å².